The van der Waals surface area contributed by atoms with E-state index in [2.05, 4.69) is 29.6 Å². The highest BCUT2D eigenvalue weighted by molar-refractivity contribution is 7.93. The van der Waals surface area contributed by atoms with Crippen molar-refractivity contribution in [3.05, 3.63) is 42.6 Å². The Bertz CT molecular complexity index is 1440. The van der Waals surface area contributed by atoms with Gasteiger partial charge in [0, 0.05) is 24.0 Å². The summed E-state index contributed by atoms with van der Waals surface area (Å²) in [7, 11) is -1.98. The number of sulfonamides is 1. The van der Waals surface area contributed by atoms with Gasteiger partial charge in [-0.1, -0.05) is 0 Å². The second-order valence-corrected chi connectivity index (χ2v) is 8.42. The van der Waals surface area contributed by atoms with Crippen LogP contribution in [0.4, 0.5) is 19.1 Å². The van der Waals surface area contributed by atoms with Crippen molar-refractivity contribution in [3.63, 3.8) is 0 Å². The highest BCUT2D eigenvalue weighted by Crippen LogP contribution is 2.37. The molecule has 4 aromatic rings. The summed E-state index contributed by atoms with van der Waals surface area (Å²) in [6, 6.07) is 3.94. The Kier molecular flexibility index (Phi) is 6.59. The van der Waals surface area contributed by atoms with E-state index in [1.165, 1.54) is 32.7 Å². The molecule has 3 aromatic heterocycles. The van der Waals surface area contributed by atoms with E-state index < -0.39 is 34.8 Å². The van der Waals surface area contributed by atoms with E-state index in [1.54, 1.807) is 6.07 Å². The Morgan fingerprint density at radius 1 is 1.09 bits per heavy atom. The number of methoxy groups -OCH3 is 2. The van der Waals surface area contributed by atoms with E-state index in [1.807, 2.05) is 0 Å². The fraction of sp³-hybridized carbons (Fsp3) is 0.200. The number of H-pyrrole nitrogens is 1. The van der Waals surface area contributed by atoms with Gasteiger partial charge in [-0.15, -0.1) is 0 Å². The van der Waals surface area contributed by atoms with Crippen molar-refractivity contribution in [2.45, 2.75) is 11.3 Å². The average Bonchev–Trinajstić information content (AvgIpc) is 3.27. The molecule has 0 saturated carbocycles. The average molecular weight is 510 g/mol. The number of nitrogens with one attached hydrogen (secondary N) is 2. The Morgan fingerprint density at radius 3 is 2.34 bits per heavy atom. The lowest BCUT2D eigenvalue weighted by Crippen LogP contribution is -2.16. The van der Waals surface area contributed by atoms with Crippen molar-refractivity contribution in [1.82, 2.24) is 24.9 Å². The van der Waals surface area contributed by atoms with Crippen LogP contribution in [0.3, 0.4) is 0 Å². The second-order valence-electron chi connectivity index (χ2n) is 6.77. The second kappa shape index (κ2) is 9.61. The van der Waals surface area contributed by atoms with Crippen LogP contribution < -0.4 is 18.9 Å². The predicted molar refractivity (Wildman–Crippen MR) is 117 cm³/mol. The molecule has 0 fully saturated rings. The van der Waals surface area contributed by atoms with E-state index in [0.717, 1.165) is 12.3 Å². The summed E-state index contributed by atoms with van der Waals surface area (Å²) in [4.78, 5) is 18.3. The van der Waals surface area contributed by atoms with Gasteiger partial charge in [-0.05, 0) is 18.2 Å². The van der Waals surface area contributed by atoms with Crippen molar-refractivity contribution >= 4 is 26.9 Å². The van der Waals surface area contributed by atoms with Gasteiger partial charge in [-0.2, -0.15) is 9.97 Å². The minimum atomic E-state index is -4.34. The number of anilines is 1. The number of fused-ring (bicyclic) bond motifs is 1. The summed E-state index contributed by atoms with van der Waals surface area (Å²) in [5.41, 5.74) is 0.146. The Hall–Kier alpha value is -4.14. The minimum Gasteiger partial charge on any atom is -0.478 e. The van der Waals surface area contributed by atoms with Gasteiger partial charge in [-0.3, -0.25) is 0 Å². The van der Waals surface area contributed by atoms with E-state index in [0.29, 0.717) is 0 Å². The molecule has 15 heteroatoms. The first-order chi connectivity index (χ1) is 16.7. The van der Waals surface area contributed by atoms with Crippen LogP contribution in [0, 0.1) is 5.82 Å². The molecule has 0 aliphatic carbocycles. The van der Waals surface area contributed by atoms with E-state index in [4.69, 9.17) is 14.2 Å². The first-order valence-electron chi connectivity index (χ1n) is 9.76. The SMILES string of the molecule is COc1nc(NS(=O)(=O)c2c[nH]c3c(-c4ncccn4)c(F)ccc23)nc(OC)c1OCC(F)F. The zero-order chi connectivity index (χ0) is 25.2. The molecule has 11 nitrogen and oxygen atoms in total. The number of aromatic amines is 1. The third kappa shape index (κ3) is 4.75. The van der Waals surface area contributed by atoms with Gasteiger partial charge in [-0.25, -0.2) is 36.3 Å². The van der Waals surface area contributed by atoms with Gasteiger partial charge >= 0.3 is 0 Å². The zero-order valence-electron chi connectivity index (χ0n) is 18.1. The van der Waals surface area contributed by atoms with E-state index >= 15 is 0 Å². The lowest BCUT2D eigenvalue weighted by atomic mass is 10.1. The predicted octanol–water partition coefficient (Wildman–Crippen LogP) is 3.02. The largest absolute Gasteiger partial charge is 0.478 e. The summed E-state index contributed by atoms with van der Waals surface area (Å²) in [6.45, 7) is -0.986. The van der Waals surface area contributed by atoms with Crippen LogP contribution in [0.15, 0.2) is 41.7 Å². The lowest BCUT2D eigenvalue weighted by molar-refractivity contribution is 0.0781. The smallest absolute Gasteiger partial charge is 0.272 e. The van der Waals surface area contributed by atoms with Crippen LogP contribution in [0.1, 0.15) is 0 Å². The molecule has 35 heavy (non-hydrogen) atoms. The topological polar surface area (TPSA) is 141 Å². The number of ether oxygens (including phenoxy) is 3. The molecule has 0 aliphatic rings. The highest BCUT2D eigenvalue weighted by atomic mass is 32.2. The molecule has 3 heterocycles. The first-order valence-corrected chi connectivity index (χ1v) is 11.2. The number of halogens is 3. The summed E-state index contributed by atoms with van der Waals surface area (Å²) in [6.07, 6.45) is 1.22. The Balaban J connectivity index is 1.74. The van der Waals surface area contributed by atoms with Gasteiger partial charge in [0.2, 0.25) is 11.7 Å². The number of hydrogen-bond acceptors (Lipinski definition) is 9. The summed E-state index contributed by atoms with van der Waals surface area (Å²) >= 11 is 0. The third-order valence-electron chi connectivity index (χ3n) is 4.62. The van der Waals surface area contributed by atoms with Gasteiger partial charge in [0.15, 0.2) is 5.82 Å². The summed E-state index contributed by atoms with van der Waals surface area (Å²) < 4.78 is 83.2. The van der Waals surface area contributed by atoms with Crippen molar-refractivity contribution in [1.29, 1.82) is 0 Å². The number of aromatic nitrogens is 5. The molecule has 0 spiro atoms. The highest BCUT2D eigenvalue weighted by Gasteiger charge is 2.26. The molecular weight excluding hydrogens is 493 g/mol. The summed E-state index contributed by atoms with van der Waals surface area (Å²) in [5, 5.41) is 0.150. The zero-order valence-corrected chi connectivity index (χ0v) is 18.9. The lowest BCUT2D eigenvalue weighted by Gasteiger charge is -2.14. The van der Waals surface area contributed by atoms with Crippen LogP contribution in [0.2, 0.25) is 0 Å². The maximum Gasteiger partial charge on any atom is 0.272 e. The molecule has 0 bridgehead atoms. The van der Waals surface area contributed by atoms with Crippen LogP contribution in [0.25, 0.3) is 22.3 Å². The van der Waals surface area contributed by atoms with E-state index in [9.17, 15) is 21.6 Å². The van der Waals surface area contributed by atoms with Crippen LogP contribution >= 0.6 is 0 Å². The summed E-state index contributed by atoms with van der Waals surface area (Å²) in [5.74, 6) is -2.06. The number of nitrogens with zero attached hydrogens (tertiary/aromatic N) is 4. The fourth-order valence-corrected chi connectivity index (χ4v) is 4.31. The molecule has 4 rings (SSSR count). The molecule has 0 radical (unpaired) electrons. The normalized spacial score (nSPS) is 11.6. The van der Waals surface area contributed by atoms with Gasteiger partial charge in [0.1, 0.15) is 17.3 Å². The third-order valence-corrected chi connectivity index (χ3v) is 5.98. The molecule has 0 aliphatic heterocycles. The molecule has 184 valence electrons. The molecule has 0 amide bonds. The molecular formula is C20H17F3N6O5S. The van der Waals surface area contributed by atoms with Gasteiger partial charge in [0.05, 0.1) is 25.3 Å². The van der Waals surface area contributed by atoms with Crippen molar-refractivity contribution < 1.29 is 35.8 Å². The Morgan fingerprint density at radius 2 is 1.74 bits per heavy atom. The number of benzene rings is 1. The maximum absolute atomic E-state index is 14.6. The minimum absolute atomic E-state index is 0.00956. The van der Waals surface area contributed by atoms with Crippen molar-refractivity contribution in [2.75, 3.05) is 25.5 Å². The van der Waals surface area contributed by atoms with Gasteiger partial charge in [0.25, 0.3) is 28.2 Å². The van der Waals surface area contributed by atoms with Gasteiger partial charge < -0.3 is 19.2 Å². The molecule has 2 N–H and O–H groups in total. The van der Waals surface area contributed by atoms with Crippen molar-refractivity contribution in [2.24, 2.45) is 0 Å². The van der Waals surface area contributed by atoms with Crippen LogP contribution in [-0.2, 0) is 10.0 Å². The molecule has 0 unspecified atom stereocenters. The number of alkyl halides is 2. The quantitative estimate of drug-likeness (QED) is 0.348. The number of hydrogen-bond donors (Lipinski definition) is 2. The Labute approximate surface area is 196 Å². The first kappa shape index (κ1) is 24.0. The van der Waals surface area contributed by atoms with Crippen LogP contribution in [0.5, 0.6) is 17.5 Å². The van der Waals surface area contributed by atoms with Crippen LogP contribution in [-0.4, -0.2) is 60.6 Å². The maximum atomic E-state index is 14.6. The molecule has 1 aromatic carbocycles. The molecule has 0 atom stereocenters. The monoisotopic (exact) mass is 510 g/mol. The molecule has 0 saturated heterocycles. The van der Waals surface area contributed by atoms with Crippen molar-refractivity contribution in [3.8, 4) is 28.9 Å². The standard InChI is InChI=1S/C20H17F3N6O5S/c1-32-18-16(34-9-13(22)23)19(33-2)28-20(27-18)29-35(30,31)12-8-26-15-10(12)4-5-11(21)14(15)17-24-6-3-7-25-17/h3-8,13,26H,9H2,1-2H3,(H,27,28,29). The van der Waals surface area contributed by atoms with E-state index in [-0.39, 0.29) is 44.7 Å². The fourth-order valence-electron chi connectivity index (χ4n) is 3.19. The number of rotatable bonds is 9.